The first-order chi connectivity index (χ1) is 8.99. The average molecular weight is 280 g/mol. The van der Waals surface area contributed by atoms with E-state index >= 15 is 0 Å². The summed E-state index contributed by atoms with van der Waals surface area (Å²) in [6.07, 6.45) is 0. The van der Waals surface area contributed by atoms with Gasteiger partial charge in [0.05, 0.1) is 16.3 Å². The Morgan fingerprint density at radius 3 is 2.74 bits per heavy atom. The highest BCUT2D eigenvalue weighted by Gasteiger charge is 2.16. The molecule has 0 unspecified atom stereocenters. The highest BCUT2D eigenvalue weighted by atomic mass is 35.5. The second-order valence-corrected chi connectivity index (χ2v) is 4.48. The van der Waals surface area contributed by atoms with Gasteiger partial charge in [0.2, 0.25) is 0 Å². The Kier molecular flexibility index (Phi) is 3.71. The van der Waals surface area contributed by atoms with Crippen molar-refractivity contribution in [2.24, 2.45) is 0 Å². The maximum absolute atomic E-state index is 13.6. The molecular weight excluding hydrogens is 269 g/mol. The first-order valence-electron chi connectivity index (χ1n) is 5.54. The number of benzene rings is 2. The average Bonchev–Trinajstić information content (AvgIpc) is 2.33. The van der Waals surface area contributed by atoms with Crippen LogP contribution < -0.4 is 5.32 Å². The number of hydrogen-bond acceptors (Lipinski definition) is 2. The number of halogens is 2. The quantitative estimate of drug-likeness (QED) is 0.823. The van der Waals surface area contributed by atoms with Crippen LogP contribution in [-0.4, -0.2) is 11.0 Å². The maximum atomic E-state index is 13.6. The van der Waals surface area contributed by atoms with Gasteiger partial charge in [0.25, 0.3) is 5.91 Å². The lowest BCUT2D eigenvalue weighted by molar-refractivity contribution is 0.102. The molecular formula is C14H11ClFNO2. The zero-order chi connectivity index (χ0) is 14.0. The van der Waals surface area contributed by atoms with Gasteiger partial charge in [-0.05, 0) is 36.8 Å². The van der Waals surface area contributed by atoms with E-state index in [1.807, 2.05) is 6.92 Å². The highest BCUT2D eigenvalue weighted by molar-refractivity contribution is 6.34. The van der Waals surface area contributed by atoms with Crippen molar-refractivity contribution in [2.75, 3.05) is 5.32 Å². The van der Waals surface area contributed by atoms with Gasteiger partial charge in [-0.2, -0.15) is 0 Å². The van der Waals surface area contributed by atoms with E-state index in [9.17, 15) is 14.3 Å². The number of phenols is 1. The molecule has 1 amide bonds. The number of nitrogens with one attached hydrogen (secondary N) is 1. The van der Waals surface area contributed by atoms with Gasteiger partial charge in [-0.3, -0.25) is 4.79 Å². The topological polar surface area (TPSA) is 49.3 Å². The fourth-order valence-electron chi connectivity index (χ4n) is 1.65. The van der Waals surface area contributed by atoms with Gasteiger partial charge in [0, 0.05) is 0 Å². The van der Waals surface area contributed by atoms with Crippen LogP contribution in [0.4, 0.5) is 10.1 Å². The molecule has 0 fully saturated rings. The largest absolute Gasteiger partial charge is 0.506 e. The molecule has 2 aromatic rings. The summed E-state index contributed by atoms with van der Waals surface area (Å²) < 4.78 is 13.6. The normalized spacial score (nSPS) is 10.3. The predicted molar refractivity (Wildman–Crippen MR) is 72.2 cm³/mol. The number of phenolic OH excluding ortho intramolecular Hbond substituents is 1. The monoisotopic (exact) mass is 279 g/mol. The summed E-state index contributed by atoms with van der Waals surface area (Å²) in [5.74, 6) is -1.51. The Bertz CT molecular complexity index is 623. The molecule has 2 aromatic carbocycles. The van der Waals surface area contributed by atoms with Crippen molar-refractivity contribution in [3.8, 4) is 5.75 Å². The second-order valence-electron chi connectivity index (χ2n) is 4.07. The zero-order valence-corrected chi connectivity index (χ0v) is 10.8. The molecule has 19 heavy (non-hydrogen) atoms. The molecule has 0 spiro atoms. The van der Waals surface area contributed by atoms with Crippen molar-refractivity contribution in [3.05, 3.63) is 58.4 Å². The van der Waals surface area contributed by atoms with Crippen LogP contribution in [0.15, 0.2) is 36.4 Å². The van der Waals surface area contributed by atoms with Gasteiger partial charge >= 0.3 is 0 Å². The Hall–Kier alpha value is -2.07. The van der Waals surface area contributed by atoms with Gasteiger partial charge in [-0.25, -0.2) is 4.39 Å². The van der Waals surface area contributed by atoms with Crippen LogP contribution >= 0.6 is 11.6 Å². The summed E-state index contributed by atoms with van der Waals surface area (Å²) in [5.41, 5.74) is 0.821. The lowest BCUT2D eigenvalue weighted by atomic mass is 10.1. The van der Waals surface area contributed by atoms with Crippen molar-refractivity contribution < 1.29 is 14.3 Å². The summed E-state index contributed by atoms with van der Waals surface area (Å²) in [6, 6.07) is 8.72. The Morgan fingerprint density at radius 2 is 2.05 bits per heavy atom. The third kappa shape index (κ3) is 2.85. The molecule has 0 bridgehead atoms. The van der Waals surface area contributed by atoms with Crippen molar-refractivity contribution in [3.63, 3.8) is 0 Å². The molecule has 0 radical (unpaired) electrons. The molecule has 0 saturated carbocycles. The SMILES string of the molecule is Cc1ccc(O)c(NC(=O)c2c(F)cccc2Cl)c1. The summed E-state index contributed by atoms with van der Waals surface area (Å²) in [5, 5.41) is 12.1. The van der Waals surface area contributed by atoms with E-state index in [-0.39, 0.29) is 22.0 Å². The van der Waals surface area contributed by atoms with Crippen LogP contribution in [0.5, 0.6) is 5.75 Å². The molecule has 2 rings (SSSR count). The van der Waals surface area contributed by atoms with Gasteiger partial charge < -0.3 is 10.4 Å². The number of carbonyl (C=O) groups is 1. The van der Waals surface area contributed by atoms with Crippen molar-refractivity contribution in [1.29, 1.82) is 0 Å². The van der Waals surface area contributed by atoms with E-state index in [2.05, 4.69) is 5.32 Å². The third-order valence-electron chi connectivity index (χ3n) is 2.59. The molecule has 0 atom stereocenters. The fourth-order valence-corrected chi connectivity index (χ4v) is 1.90. The van der Waals surface area contributed by atoms with Crippen LogP contribution in [0.1, 0.15) is 15.9 Å². The smallest absolute Gasteiger partial charge is 0.260 e. The van der Waals surface area contributed by atoms with Crippen LogP contribution in [0, 0.1) is 12.7 Å². The predicted octanol–water partition coefficient (Wildman–Crippen LogP) is 3.75. The first kappa shape index (κ1) is 13.4. The van der Waals surface area contributed by atoms with Gasteiger partial charge in [-0.1, -0.05) is 23.7 Å². The number of anilines is 1. The Balaban J connectivity index is 2.34. The summed E-state index contributed by atoms with van der Waals surface area (Å²) >= 11 is 5.80. The lowest BCUT2D eigenvalue weighted by Crippen LogP contribution is -2.14. The van der Waals surface area contributed by atoms with E-state index in [0.717, 1.165) is 11.6 Å². The van der Waals surface area contributed by atoms with Crippen LogP contribution in [-0.2, 0) is 0 Å². The highest BCUT2D eigenvalue weighted by Crippen LogP contribution is 2.26. The number of hydrogen-bond donors (Lipinski definition) is 2. The minimum absolute atomic E-state index is 0.0182. The molecule has 0 aliphatic heterocycles. The Labute approximate surface area is 114 Å². The minimum atomic E-state index is -0.711. The molecule has 2 N–H and O–H groups in total. The Morgan fingerprint density at radius 1 is 1.32 bits per heavy atom. The fraction of sp³-hybridized carbons (Fsp3) is 0.0714. The van der Waals surface area contributed by atoms with Gasteiger partial charge in [-0.15, -0.1) is 0 Å². The van der Waals surface area contributed by atoms with Crippen LogP contribution in [0.2, 0.25) is 5.02 Å². The molecule has 0 heterocycles. The number of amides is 1. The van der Waals surface area contributed by atoms with Crippen LogP contribution in [0.25, 0.3) is 0 Å². The molecule has 0 aliphatic rings. The molecule has 0 aliphatic carbocycles. The third-order valence-corrected chi connectivity index (χ3v) is 2.91. The number of aromatic hydroxyl groups is 1. The van der Waals surface area contributed by atoms with Crippen molar-refractivity contribution >= 4 is 23.2 Å². The molecule has 5 heteroatoms. The van der Waals surface area contributed by atoms with E-state index in [1.54, 1.807) is 12.1 Å². The maximum Gasteiger partial charge on any atom is 0.260 e. The van der Waals surface area contributed by atoms with Crippen molar-refractivity contribution in [1.82, 2.24) is 0 Å². The number of aryl methyl sites for hydroxylation is 1. The summed E-state index contributed by atoms with van der Waals surface area (Å²) in [6.45, 7) is 1.81. The lowest BCUT2D eigenvalue weighted by Gasteiger charge is -2.09. The van der Waals surface area contributed by atoms with E-state index in [0.29, 0.717) is 0 Å². The number of carbonyl (C=O) groups excluding carboxylic acids is 1. The summed E-state index contributed by atoms with van der Waals surface area (Å²) in [7, 11) is 0. The molecule has 0 saturated heterocycles. The van der Waals surface area contributed by atoms with E-state index < -0.39 is 11.7 Å². The van der Waals surface area contributed by atoms with Crippen molar-refractivity contribution in [2.45, 2.75) is 6.92 Å². The molecule has 3 nitrogen and oxygen atoms in total. The molecule has 98 valence electrons. The van der Waals surface area contributed by atoms with Gasteiger partial charge in [0.1, 0.15) is 11.6 Å². The standard InChI is InChI=1S/C14H11ClFNO2/c1-8-5-6-12(18)11(7-8)17-14(19)13-9(15)3-2-4-10(13)16/h2-7,18H,1H3,(H,17,19). The molecule has 0 aromatic heterocycles. The summed E-state index contributed by atoms with van der Waals surface area (Å²) in [4.78, 5) is 12.0. The minimum Gasteiger partial charge on any atom is -0.506 e. The van der Waals surface area contributed by atoms with Crippen LogP contribution in [0.3, 0.4) is 0 Å². The van der Waals surface area contributed by atoms with E-state index in [4.69, 9.17) is 11.6 Å². The van der Waals surface area contributed by atoms with E-state index in [1.165, 1.54) is 18.2 Å². The zero-order valence-electron chi connectivity index (χ0n) is 10.1. The van der Waals surface area contributed by atoms with Gasteiger partial charge in [0.15, 0.2) is 0 Å². The number of rotatable bonds is 2. The first-order valence-corrected chi connectivity index (χ1v) is 5.92. The second kappa shape index (κ2) is 5.28.